The molecule has 0 radical (unpaired) electrons. The van der Waals surface area contributed by atoms with E-state index in [9.17, 15) is 14.7 Å². The molecule has 1 saturated heterocycles. The predicted molar refractivity (Wildman–Crippen MR) is 86.2 cm³/mol. The van der Waals surface area contributed by atoms with Gasteiger partial charge in [-0.2, -0.15) is 0 Å². The van der Waals surface area contributed by atoms with Crippen molar-refractivity contribution in [2.45, 2.75) is 19.4 Å². The molecule has 0 bridgehead atoms. The molecule has 0 spiro atoms. The number of phenols is 1. The Morgan fingerprint density at radius 1 is 1.26 bits per heavy atom. The Labute approximate surface area is 135 Å². The summed E-state index contributed by atoms with van der Waals surface area (Å²) in [5, 5.41) is 14.5. The molecule has 126 valence electrons. The van der Waals surface area contributed by atoms with E-state index >= 15 is 0 Å². The molecule has 1 heterocycles. The SMILES string of the molecule is CC(C)(CNC(=O)C(=O)Nc1cccc(O)c1)N1CCOCC1. The lowest BCUT2D eigenvalue weighted by atomic mass is 10.0. The van der Waals surface area contributed by atoms with Crippen molar-refractivity contribution in [3.8, 4) is 5.75 Å². The monoisotopic (exact) mass is 321 g/mol. The van der Waals surface area contributed by atoms with Crippen molar-refractivity contribution < 1.29 is 19.4 Å². The van der Waals surface area contributed by atoms with Crippen LogP contribution in [0.2, 0.25) is 0 Å². The number of carbonyl (C=O) groups excluding carboxylic acids is 2. The van der Waals surface area contributed by atoms with E-state index in [1.165, 1.54) is 12.1 Å². The molecule has 0 saturated carbocycles. The maximum atomic E-state index is 11.9. The highest BCUT2D eigenvalue weighted by atomic mass is 16.5. The van der Waals surface area contributed by atoms with Crippen LogP contribution in [0, 0.1) is 0 Å². The lowest BCUT2D eigenvalue weighted by Gasteiger charge is -2.40. The van der Waals surface area contributed by atoms with E-state index in [-0.39, 0.29) is 11.3 Å². The number of nitrogens with zero attached hydrogens (tertiary/aromatic N) is 1. The zero-order valence-electron chi connectivity index (χ0n) is 13.5. The molecule has 2 rings (SSSR count). The molecule has 0 aromatic heterocycles. The van der Waals surface area contributed by atoms with Crippen molar-refractivity contribution in [2.75, 3.05) is 38.2 Å². The van der Waals surface area contributed by atoms with Gasteiger partial charge in [-0.1, -0.05) is 6.07 Å². The highest BCUT2D eigenvalue weighted by Crippen LogP contribution is 2.16. The molecule has 2 amide bonds. The molecule has 3 N–H and O–H groups in total. The minimum Gasteiger partial charge on any atom is -0.508 e. The van der Waals surface area contributed by atoms with E-state index in [1.807, 2.05) is 13.8 Å². The molecule has 0 unspecified atom stereocenters. The topological polar surface area (TPSA) is 90.9 Å². The normalized spacial score (nSPS) is 15.9. The summed E-state index contributed by atoms with van der Waals surface area (Å²) >= 11 is 0. The van der Waals surface area contributed by atoms with Crippen molar-refractivity contribution in [1.82, 2.24) is 10.2 Å². The Bertz CT molecular complexity index is 568. The summed E-state index contributed by atoms with van der Waals surface area (Å²) in [6, 6.07) is 6.05. The lowest BCUT2D eigenvalue weighted by molar-refractivity contribution is -0.136. The number of morpholine rings is 1. The number of hydrogen-bond donors (Lipinski definition) is 3. The summed E-state index contributed by atoms with van der Waals surface area (Å²) in [4.78, 5) is 26.0. The second-order valence-electron chi connectivity index (χ2n) is 6.10. The average molecular weight is 321 g/mol. The maximum absolute atomic E-state index is 11.9. The Morgan fingerprint density at radius 2 is 1.96 bits per heavy atom. The fourth-order valence-corrected chi connectivity index (χ4v) is 2.43. The number of anilines is 1. The first-order valence-corrected chi connectivity index (χ1v) is 7.59. The van der Waals surface area contributed by atoms with Gasteiger partial charge in [0.2, 0.25) is 0 Å². The van der Waals surface area contributed by atoms with E-state index in [1.54, 1.807) is 12.1 Å². The van der Waals surface area contributed by atoms with Gasteiger partial charge in [-0.15, -0.1) is 0 Å². The molecule has 1 aromatic rings. The number of benzene rings is 1. The first-order valence-electron chi connectivity index (χ1n) is 7.59. The van der Waals surface area contributed by atoms with E-state index in [0.29, 0.717) is 25.4 Å². The second kappa shape index (κ2) is 7.43. The number of nitrogens with one attached hydrogen (secondary N) is 2. The van der Waals surface area contributed by atoms with Gasteiger partial charge in [0.05, 0.1) is 13.2 Å². The summed E-state index contributed by atoms with van der Waals surface area (Å²) in [7, 11) is 0. The molecule has 23 heavy (non-hydrogen) atoms. The Kier molecular flexibility index (Phi) is 5.57. The fraction of sp³-hybridized carbons (Fsp3) is 0.500. The van der Waals surface area contributed by atoms with E-state index in [2.05, 4.69) is 15.5 Å². The third kappa shape index (κ3) is 4.94. The number of hydrogen-bond acceptors (Lipinski definition) is 5. The third-order valence-electron chi connectivity index (χ3n) is 3.86. The van der Waals surface area contributed by atoms with Crippen LogP contribution in [-0.4, -0.2) is 60.2 Å². The Balaban J connectivity index is 1.84. The number of phenolic OH excluding ortho intramolecular Hbond substituents is 1. The number of carbonyl (C=O) groups is 2. The molecule has 1 aromatic carbocycles. The second-order valence-corrected chi connectivity index (χ2v) is 6.10. The van der Waals surface area contributed by atoms with E-state index in [0.717, 1.165) is 13.1 Å². The van der Waals surface area contributed by atoms with Crippen LogP contribution in [0.3, 0.4) is 0 Å². The van der Waals surface area contributed by atoms with Gasteiger partial charge in [0.1, 0.15) is 5.75 Å². The quantitative estimate of drug-likeness (QED) is 0.705. The number of amides is 2. The standard InChI is InChI=1S/C16H23N3O4/c1-16(2,19-6-8-23-9-7-19)11-17-14(21)15(22)18-12-4-3-5-13(20)10-12/h3-5,10,20H,6-9,11H2,1-2H3,(H,17,21)(H,18,22). The minimum absolute atomic E-state index is 0.0247. The van der Waals surface area contributed by atoms with Crippen LogP contribution in [0.25, 0.3) is 0 Å². The van der Waals surface area contributed by atoms with Crippen LogP contribution >= 0.6 is 0 Å². The largest absolute Gasteiger partial charge is 0.508 e. The highest BCUT2D eigenvalue weighted by molar-refractivity contribution is 6.39. The van der Waals surface area contributed by atoms with E-state index in [4.69, 9.17) is 4.74 Å². The maximum Gasteiger partial charge on any atom is 0.313 e. The highest BCUT2D eigenvalue weighted by Gasteiger charge is 2.29. The molecule has 7 nitrogen and oxygen atoms in total. The predicted octanol–water partition coefficient (Wildman–Crippen LogP) is 0.558. The van der Waals surface area contributed by atoms with Gasteiger partial charge in [0.15, 0.2) is 0 Å². The van der Waals surface area contributed by atoms with Crippen LogP contribution in [-0.2, 0) is 14.3 Å². The molecule has 1 fully saturated rings. The van der Waals surface area contributed by atoms with E-state index < -0.39 is 11.8 Å². The van der Waals surface area contributed by atoms with Crippen molar-refractivity contribution in [1.29, 1.82) is 0 Å². The molecule has 1 aliphatic heterocycles. The van der Waals surface area contributed by atoms with Gasteiger partial charge in [-0.25, -0.2) is 0 Å². The van der Waals surface area contributed by atoms with Crippen LogP contribution in [0.15, 0.2) is 24.3 Å². The van der Waals surface area contributed by atoms with Crippen molar-refractivity contribution in [3.05, 3.63) is 24.3 Å². The molecule has 1 aliphatic rings. The average Bonchev–Trinajstić information content (AvgIpc) is 2.53. The minimum atomic E-state index is -0.756. The molecular formula is C16H23N3O4. The van der Waals surface area contributed by atoms with Gasteiger partial charge in [0, 0.05) is 36.9 Å². The molecular weight excluding hydrogens is 298 g/mol. The molecule has 0 aliphatic carbocycles. The zero-order chi connectivity index (χ0) is 16.9. The first kappa shape index (κ1) is 17.2. The van der Waals surface area contributed by atoms with Gasteiger partial charge < -0.3 is 20.5 Å². The smallest absolute Gasteiger partial charge is 0.313 e. The Morgan fingerprint density at radius 3 is 2.61 bits per heavy atom. The lowest BCUT2D eigenvalue weighted by Crippen LogP contribution is -2.56. The summed E-state index contributed by atoms with van der Waals surface area (Å²) < 4.78 is 5.32. The van der Waals surface area contributed by atoms with Crippen molar-refractivity contribution >= 4 is 17.5 Å². The number of aromatic hydroxyl groups is 1. The fourth-order valence-electron chi connectivity index (χ4n) is 2.43. The van der Waals surface area contributed by atoms with Crippen LogP contribution in [0.1, 0.15) is 13.8 Å². The number of rotatable bonds is 4. The zero-order valence-corrected chi connectivity index (χ0v) is 13.5. The Hall–Kier alpha value is -2.12. The molecule has 7 heteroatoms. The van der Waals surface area contributed by atoms with Gasteiger partial charge in [-0.3, -0.25) is 14.5 Å². The van der Waals surface area contributed by atoms with Crippen LogP contribution in [0.4, 0.5) is 5.69 Å². The summed E-state index contributed by atoms with van der Waals surface area (Å²) in [5.41, 5.74) is 0.114. The summed E-state index contributed by atoms with van der Waals surface area (Å²) in [6.07, 6.45) is 0. The van der Waals surface area contributed by atoms with Gasteiger partial charge in [0.25, 0.3) is 0 Å². The number of ether oxygens (including phenoxy) is 1. The molecule has 0 atom stereocenters. The van der Waals surface area contributed by atoms with Gasteiger partial charge in [-0.05, 0) is 26.0 Å². The van der Waals surface area contributed by atoms with Crippen molar-refractivity contribution in [3.63, 3.8) is 0 Å². The van der Waals surface area contributed by atoms with Crippen LogP contribution < -0.4 is 10.6 Å². The third-order valence-corrected chi connectivity index (χ3v) is 3.86. The van der Waals surface area contributed by atoms with Crippen molar-refractivity contribution in [2.24, 2.45) is 0 Å². The summed E-state index contributed by atoms with van der Waals surface area (Å²) in [5.74, 6) is -1.43. The summed E-state index contributed by atoms with van der Waals surface area (Å²) in [6.45, 7) is 7.36. The first-order chi connectivity index (χ1) is 10.9. The van der Waals surface area contributed by atoms with Crippen LogP contribution in [0.5, 0.6) is 5.75 Å². The van der Waals surface area contributed by atoms with Gasteiger partial charge >= 0.3 is 11.8 Å².